The van der Waals surface area contributed by atoms with E-state index in [0.29, 0.717) is 54.3 Å². The van der Waals surface area contributed by atoms with Crippen molar-refractivity contribution in [2.75, 3.05) is 58.0 Å². The van der Waals surface area contributed by atoms with Crippen molar-refractivity contribution < 1.29 is 28.2 Å². The molecule has 3 amide bonds. The Labute approximate surface area is 248 Å². The lowest BCUT2D eigenvalue weighted by Gasteiger charge is -2.31. The van der Waals surface area contributed by atoms with Gasteiger partial charge >= 0.3 is 6.03 Å². The minimum absolute atomic E-state index is 0.154. The van der Waals surface area contributed by atoms with E-state index in [1.807, 2.05) is 37.3 Å². The molecule has 0 saturated carbocycles. The number of furan rings is 1. The highest BCUT2D eigenvalue weighted by Crippen LogP contribution is 2.33. The van der Waals surface area contributed by atoms with Crippen molar-refractivity contribution in [2.24, 2.45) is 0 Å². The molecule has 0 unspecified atom stereocenters. The summed E-state index contributed by atoms with van der Waals surface area (Å²) in [5, 5.41) is 3.38. The van der Waals surface area contributed by atoms with Crippen LogP contribution in [0.4, 0.5) is 10.5 Å². The second-order valence-electron chi connectivity index (χ2n) is 9.86. The average molecular weight is 604 g/mol. The summed E-state index contributed by atoms with van der Waals surface area (Å²) in [4.78, 5) is 32.7. The van der Waals surface area contributed by atoms with Gasteiger partial charge in [0.2, 0.25) is 12.7 Å². The Balaban J connectivity index is 1.34. The number of aryl methyl sites for hydroxylation is 1. The van der Waals surface area contributed by atoms with Gasteiger partial charge in [-0.25, -0.2) is 4.79 Å². The van der Waals surface area contributed by atoms with Gasteiger partial charge in [-0.2, -0.15) is 0 Å². The van der Waals surface area contributed by atoms with Gasteiger partial charge in [-0.1, -0.05) is 35.3 Å². The molecule has 2 aliphatic heterocycles. The van der Waals surface area contributed by atoms with Crippen molar-refractivity contribution in [1.29, 1.82) is 0 Å². The standard InChI is InChI=1S/C29H32Cl2N4O6/c1-20-5-7-22(41-20)17-35(16-21-6-8-25-26(15-21)40-19-39-25)27(36)18-34(10-9-33-11-13-38-14-12-33)29(37)32-24-4-2-3-23(30)28(24)31/h2-8,15H,9-14,16-19H2,1H3,(H,32,37). The minimum atomic E-state index is -0.451. The number of benzene rings is 2. The van der Waals surface area contributed by atoms with E-state index < -0.39 is 6.03 Å². The Morgan fingerprint density at radius 3 is 2.56 bits per heavy atom. The second-order valence-corrected chi connectivity index (χ2v) is 10.6. The van der Waals surface area contributed by atoms with Gasteiger partial charge < -0.3 is 33.7 Å². The van der Waals surface area contributed by atoms with Crippen molar-refractivity contribution in [3.05, 3.63) is 75.7 Å². The maximum absolute atomic E-state index is 13.9. The first kappa shape index (κ1) is 29.1. The van der Waals surface area contributed by atoms with Crippen LogP contribution >= 0.6 is 23.2 Å². The molecule has 0 radical (unpaired) electrons. The lowest BCUT2D eigenvalue weighted by atomic mass is 10.2. The van der Waals surface area contributed by atoms with Crippen molar-refractivity contribution in [1.82, 2.24) is 14.7 Å². The van der Waals surface area contributed by atoms with E-state index in [-0.39, 0.29) is 37.4 Å². The zero-order valence-corrected chi connectivity index (χ0v) is 24.2. The lowest BCUT2D eigenvalue weighted by molar-refractivity contribution is -0.133. The number of nitrogens with zero attached hydrogens (tertiary/aromatic N) is 3. The topological polar surface area (TPSA) is 96.7 Å². The first-order chi connectivity index (χ1) is 19.9. The predicted molar refractivity (Wildman–Crippen MR) is 155 cm³/mol. The van der Waals surface area contributed by atoms with Crippen LogP contribution in [0.25, 0.3) is 0 Å². The number of nitrogens with one attached hydrogen (secondary N) is 1. The molecular weight excluding hydrogens is 571 g/mol. The molecule has 0 spiro atoms. The van der Waals surface area contributed by atoms with Crippen LogP contribution in [-0.4, -0.2) is 79.4 Å². The van der Waals surface area contributed by atoms with Gasteiger partial charge in [0.1, 0.15) is 18.1 Å². The molecule has 1 N–H and O–H groups in total. The van der Waals surface area contributed by atoms with Crippen molar-refractivity contribution in [3.63, 3.8) is 0 Å². The van der Waals surface area contributed by atoms with Gasteiger partial charge in [0.15, 0.2) is 11.5 Å². The van der Waals surface area contributed by atoms with Crippen LogP contribution in [0.1, 0.15) is 17.1 Å². The minimum Gasteiger partial charge on any atom is -0.464 e. The number of hydrogen-bond acceptors (Lipinski definition) is 7. The number of fused-ring (bicyclic) bond motifs is 1. The van der Waals surface area contributed by atoms with E-state index in [1.54, 1.807) is 23.1 Å². The van der Waals surface area contributed by atoms with E-state index in [2.05, 4.69) is 10.2 Å². The van der Waals surface area contributed by atoms with E-state index in [1.165, 1.54) is 4.90 Å². The van der Waals surface area contributed by atoms with Crippen molar-refractivity contribution >= 4 is 40.8 Å². The molecule has 2 aliphatic rings. The largest absolute Gasteiger partial charge is 0.464 e. The number of urea groups is 1. The molecule has 12 heteroatoms. The number of halogens is 2. The highest BCUT2D eigenvalue weighted by molar-refractivity contribution is 6.43. The number of carbonyl (C=O) groups is 2. The van der Waals surface area contributed by atoms with Crippen LogP contribution in [0.3, 0.4) is 0 Å². The van der Waals surface area contributed by atoms with Crippen LogP contribution in [-0.2, 0) is 22.6 Å². The van der Waals surface area contributed by atoms with Gasteiger partial charge in [-0.15, -0.1) is 0 Å². The van der Waals surface area contributed by atoms with E-state index in [9.17, 15) is 9.59 Å². The third-order valence-corrected chi connectivity index (χ3v) is 7.72. The van der Waals surface area contributed by atoms with Crippen LogP contribution in [0.2, 0.25) is 10.0 Å². The molecular formula is C29H32Cl2N4O6. The summed E-state index contributed by atoms with van der Waals surface area (Å²) in [6.45, 7) is 6.09. The van der Waals surface area contributed by atoms with E-state index in [0.717, 1.165) is 24.4 Å². The first-order valence-corrected chi connectivity index (χ1v) is 14.1. The van der Waals surface area contributed by atoms with Gasteiger partial charge in [-0.3, -0.25) is 9.69 Å². The number of anilines is 1. The summed E-state index contributed by atoms with van der Waals surface area (Å²) in [6.07, 6.45) is 0. The maximum Gasteiger partial charge on any atom is 0.322 e. The Hall–Kier alpha value is -3.44. The number of amides is 3. The maximum atomic E-state index is 13.9. The van der Waals surface area contributed by atoms with Gasteiger partial charge in [0.25, 0.3) is 0 Å². The summed E-state index contributed by atoms with van der Waals surface area (Å²) in [5.74, 6) is 2.45. The quantitative estimate of drug-likeness (QED) is 0.348. The normalized spacial score (nSPS) is 14.6. The molecule has 1 fully saturated rings. The molecule has 5 rings (SSSR count). The van der Waals surface area contributed by atoms with Crippen molar-refractivity contribution in [2.45, 2.75) is 20.0 Å². The second kappa shape index (κ2) is 13.5. The van der Waals surface area contributed by atoms with Crippen molar-refractivity contribution in [3.8, 4) is 11.5 Å². The third kappa shape index (κ3) is 7.65. The summed E-state index contributed by atoms with van der Waals surface area (Å²) < 4.78 is 22.2. The monoisotopic (exact) mass is 602 g/mol. The average Bonchev–Trinajstić information content (AvgIpc) is 3.61. The fraction of sp³-hybridized carbons (Fsp3) is 0.379. The molecule has 3 aromatic rings. The molecule has 0 atom stereocenters. The zero-order chi connectivity index (χ0) is 28.8. The summed E-state index contributed by atoms with van der Waals surface area (Å²) >= 11 is 12.5. The first-order valence-electron chi connectivity index (χ1n) is 13.4. The molecule has 41 heavy (non-hydrogen) atoms. The Kier molecular flexibility index (Phi) is 9.56. The van der Waals surface area contributed by atoms with Crippen LogP contribution in [0.15, 0.2) is 52.9 Å². The van der Waals surface area contributed by atoms with Gasteiger partial charge in [-0.05, 0) is 48.9 Å². The Morgan fingerprint density at radius 2 is 1.78 bits per heavy atom. The summed E-state index contributed by atoms with van der Waals surface area (Å²) in [7, 11) is 0. The fourth-order valence-corrected chi connectivity index (χ4v) is 5.00. The smallest absolute Gasteiger partial charge is 0.322 e. The lowest BCUT2D eigenvalue weighted by Crippen LogP contribution is -2.48. The molecule has 0 bridgehead atoms. The summed E-state index contributed by atoms with van der Waals surface area (Å²) in [6, 6.07) is 13.8. The zero-order valence-electron chi connectivity index (χ0n) is 22.7. The summed E-state index contributed by atoms with van der Waals surface area (Å²) in [5.41, 5.74) is 1.23. The van der Waals surface area contributed by atoms with Crippen LogP contribution in [0, 0.1) is 6.92 Å². The number of morpholine rings is 1. The Morgan fingerprint density at radius 1 is 0.976 bits per heavy atom. The molecule has 218 valence electrons. The van der Waals surface area contributed by atoms with E-state index in [4.69, 9.17) is 41.8 Å². The highest BCUT2D eigenvalue weighted by atomic mass is 35.5. The Bertz CT molecular complexity index is 1380. The molecule has 0 aliphatic carbocycles. The number of rotatable bonds is 10. The molecule has 2 aromatic carbocycles. The number of carbonyl (C=O) groups excluding carboxylic acids is 2. The highest BCUT2D eigenvalue weighted by Gasteiger charge is 2.25. The predicted octanol–water partition coefficient (Wildman–Crippen LogP) is 5.02. The van der Waals surface area contributed by atoms with Crippen LogP contribution < -0.4 is 14.8 Å². The molecule has 10 nitrogen and oxygen atoms in total. The van der Waals surface area contributed by atoms with Gasteiger partial charge in [0, 0.05) is 32.7 Å². The van der Waals surface area contributed by atoms with Crippen LogP contribution in [0.5, 0.6) is 11.5 Å². The molecule has 1 saturated heterocycles. The SMILES string of the molecule is Cc1ccc(CN(Cc2ccc3c(c2)OCO3)C(=O)CN(CCN2CCOCC2)C(=O)Nc2cccc(Cl)c2Cl)o1. The third-order valence-electron chi connectivity index (χ3n) is 6.90. The number of hydrogen-bond donors (Lipinski definition) is 1. The molecule has 3 heterocycles. The van der Waals surface area contributed by atoms with Gasteiger partial charge in [0.05, 0.1) is 35.5 Å². The fourth-order valence-electron chi connectivity index (χ4n) is 4.65. The number of ether oxygens (including phenoxy) is 3. The molecule has 1 aromatic heterocycles. The van der Waals surface area contributed by atoms with E-state index >= 15 is 0 Å².